The van der Waals surface area contributed by atoms with Gasteiger partial charge in [0, 0.05) is 32.9 Å². The number of rotatable bonds is 11. The van der Waals surface area contributed by atoms with Crippen LogP contribution in [0.1, 0.15) is 35.6 Å². The lowest BCUT2D eigenvalue weighted by atomic mass is 9.92. The Morgan fingerprint density at radius 3 is 2.30 bits per heavy atom. The van der Waals surface area contributed by atoms with Gasteiger partial charge in [0.15, 0.2) is 0 Å². The van der Waals surface area contributed by atoms with E-state index < -0.39 is 32.3 Å². The van der Waals surface area contributed by atoms with E-state index in [1.54, 1.807) is 12.1 Å². The number of amides is 3. The molecule has 1 aliphatic rings. The molecule has 4 rings (SSSR count). The lowest BCUT2D eigenvalue weighted by Crippen LogP contribution is -2.52. The molecule has 1 heterocycles. The fraction of sp³-hybridized carbons (Fsp3) is 0.276. The van der Waals surface area contributed by atoms with Crippen LogP contribution in [-0.4, -0.2) is 56.6 Å². The Morgan fingerprint density at radius 2 is 1.60 bits per heavy atom. The first-order chi connectivity index (χ1) is 20.3. The summed E-state index contributed by atoms with van der Waals surface area (Å²) in [7, 11) is -8.57. The Morgan fingerprint density at radius 1 is 0.884 bits per heavy atom. The van der Waals surface area contributed by atoms with Crippen molar-refractivity contribution < 1.29 is 35.8 Å². The van der Waals surface area contributed by atoms with Crippen LogP contribution in [0.3, 0.4) is 0 Å². The number of anilines is 1. The highest BCUT2D eigenvalue weighted by molar-refractivity contribution is 7.90. The van der Waals surface area contributed by atoms with Crippen LogP contribution in [0.15, 0.2) is 77.7 Å². The van der Waals surface area contributed by atoms with Crippen LogP contribution >= 0.6 is 0 Å². The Hall–Kier alpha value is -4.27. The quantitative estimate of drug-likeness (QED) is 0.233. The number of carbonyl (C=O) groups is 3. The molecule has 0 aromatic heterocycles. The van der Waals surface area contributed by atoms with Crippen molar-refractivity contribution in [3.8, 4) is 0 Å². The third kappa shape index (κ3) is 8.86. The van der Waals surface area contributed by atoms with Gasteiger partial charge in [-0.15, -0.1) is 0 Å². The Bertz CT molecular complexity index is 1730. The molecule has 0 saturated heterocycles. The maximum absolute atomic E-state index is 13.6. The van der Waals surface area contributed by atoms with Crippen molar-refractivity contribution in [3.63, 3.8) is 0 Å². The van der Waals surface area contributed by atoms with Crippen LogP contribution in [-0.2, 0) is 60.5 Å². The Labute approximate surface area is 250 Å². The molecule has 3 aromatic carbocycles. The molecule has 228 valence electrons. The molecular formula is C29H32N4O8S2. The van der Waals surface area contributed by atoms with E-state index in [4.69, 9.17) is 0 Å². The summed E-state index contributed by atoms with van der Waals surface area (Å²) in [6.07, 6.45) is 0.912. The fourth-order valence-corrected chi connectivity index (χ4v) is 6.38. The second kappa shape index (κ2) is 13.4. The van der Waals surface area contributed by atoms with Gasteiger partial charge in [-0.25, -0.2) is 13.1 Å². The zero-order valence-electron chi connectivity index (χ0n) is 23.3. The van der Waals surface area contributed by atoms with Gasteiger partial charge in [-0.1, -0.05) is 48.5 Å². The van der Waals surface area contributed by atoms with Crippen molar-refractivity contribution in [1.29, 1.82) is 0 Å². The Balaban J connectivity index is 1.52. The third-order valence-electron chi connectivity index (χ3n) is 6.88. The normalized spacial score (nSPS) is 14.8. The zero-order valence-corrected chi connectivity index (χ0v) is 24.9. The van der Waals surface area contributed by atoms with E-state index in [0.29, 0.717) is 24.1 Å². The molecule has 0 bridgehead atoms. The number of hydrogen-bond donors (Lipinski definition) is 4. The van der Waals surface area contributed by atoms with Crippen molar-refractivity contribution in [3.05, 3.63) is 95.1 Å². The highest BCUT2D eigenvalue weighted by atomic mass is 32.2. The number of aryl methyl sites for hydroxylation is 1. The highest BCUT2D eigenvalue weighted by Gasteiger charge is 2.34. The highest BCUT2D eigenvalue weighted by Crippen LogP contribution is 2.28. The monoisotopic (exact) mass is 628 g/mol. The average Bonchev–Trinajstić information content (AvgIpc) is 2.94. The predicted octanol–water partition coefficient (Wildman–Crippen LogP) is 1.97. The number of fused-ring (bicyclic) bond motifs is 1. The lowest BCUT2D eigenvalue weighted by Gasteiger charge is -2.36. The number of carbonyl (C=O) groups excluding carboxylic acids is 3. The van der Waals surface area contributed by atoms with Gasteiger partial charge in [-0.2, -0.15) is 8.42 Å². The molecule has 0 radical (unpaired) electrons. The van der Waals surface area contributed by atoms with E-state index in [2.05, 4.69) is 5.32 Å². The summed E-state index contributed by atoms with van der Waals surface area (Å²) < 4.78 is 60.5. The molecule has 0 fully saturated rings. The fourth-order valence-electron chi connectivity index (χ4n) is 4.90. The molecule has 1 unspecified atom stereocenters. The van der Waals surface area contributed by atoms with Gasteiger partial charge in [0.1, 0.15) is 6.04 Å². The topological polar surface area (TPSA) is 179 Å². The summed E-state index contributed by atoms with van der Waals surface area (Å²) in [6, 6.07) is 19.3. The van der Waals surface area contributed by atoms with Crippen LogP contribution in [0.25, 0.3) is 0 Å². The van der Waals surface area contributed by atoms with Crippen LogP contribution < -0.4 is 14.8 Å². The molecule has 0 spiro atoms. The largest absolute Gasteiger partial charge is 0.357 e. The van der Waals surface area contributed by atoms with Crippen LogP contribution in [0.2, 0.25) is 0 Å². The van der Waals surface area contributed by atoms with Gasteiger partial charge in [0.25, 0.3) is 10.0 Å². The van der Waals surface area contributed by atoms with E-state index >= 15 is 0 Å². The van der Waals surface area contributed by atoms with Crippen molar-refractivity contribution in [1.82, 2.24) is 14.9 Å². The second-order valence-corrected chi connectivity index (χ2v) is 13.0. The van der Waals surface area contributed by atoms with Crippen molar-refractivity contribution in [2.45, 2.75) is 50.1 Å². The first-order valence-corrected chi connectivity index (χ1v) is 16.3. The second-order valence-electron chi connectivity index (χ2n) is 10.1. The molecule has 1 atom stereocenters. The number of hydrogen-bond acceptors (Lipinski definition) is 7. The standard InChI is InChI=1S/C29H32N4O8S2/c1-20(34)31-42(37,38)26-9-5-8-22(16-26)10-13-28(35)33-19-24-17-25(32-43(39,40)41)12-11-23(24)18-27(33)29(36)30-15-14-21-6-3-2-4-7-21/h2-9,11-12,16-17,27,32H,10,13-15,18-19H2,1H3,(H,30,36)(H,31,34)(H,39,40,41). The van der Waals surface area contributed by atoms with E-state index in [-0.39, 0.29) is 48.2 Å². The van der Waals surface area contributed by atoms with Crippen LogP contribution in [0.5, 0.6) is 0 Å². The molecule has 1 aliphatic heterocycles. The van der Waals surface area contributed by atoms with Gasteiger partial charge in [-0.05, 0) is 59.4 Å². The summed E-state index contributed by atoms with van der Waals surface area (Å²) in [5.74, 6) is -1.43. The summed E-state index contributed by atoms with van der Waals surface area (Å²) >= 11 is 0. The number of sulfonamides is 1. The third-order valence-corrected chi connectivity index (χ3v) is 8.80. The minimum Gasteiger partial charge on any atom is -0.354 e. The molecule has 0 saturated carbocycles. The first kappa shape index (κ1) is 31.7. The molecule has 3 aromatic rings. The number of nitrogens with one attached hydrogen (secondary N) is 3. The van der Waals surface area contributed by atoms with E-state index in [1.165, 1.54) is 35.2 Å². The van der Waals surface area contributed by atoms with Gasteiger partial charge >= 0.3 is 10.3 Å². The van der Waals surface area contributed by atoms with Gasteiger partial charge in [0.2, 0.25) is 17.7 Å². The predicted molar refractivity (Wildman–Crippen MR) is 159 cm³/mol. The van der Waals surface area contributed by atoms with Crippen molar-refractivity contribution >= 4 is 43.7 Å². The van der Waals surface area contributed by atoms with Crippen molar-refractivity contribution in [2.75, 3.05) is 11.3 Å². The molecule has 12 nitrogen and oxygen atoms in total. The summed E-state index contributed by atoms with van der Waals surface area (Å²) in [5.41, 5.74) is 3.06. The summed E-state index contributed by atoms with van der Waals surface area (Å²) in [5, 5.41) is 2.91. The number of nitrogens with zero attached hydrogens (tertiary/aromatic N) is 1. The molecular weight excluding hydrogens is 596 g/mol. The van der Waals surface area contributed by atoms with E-state index in [1.807, 2.05) is 39.8 Å². The van der Waals surface area contributed by atoms with Crippen LogP contribution in [0.4, 0.5) is 5.69 Å². The molecule has 3 amide bonds. The summed E-state index contributed by atoms with van der Waals surface area (Å²) in [6.45, 7) is 1.47. The zero-order chi connectivity index (χ0) is 31.2. The van der Waals surface area contributed by atoms with Crippen molar-refractivity contribution in [2.24, 2.45) is 0 Å². The maximum atomic E-state index is 13.6. The van der Waals surface area contributed by atoms with E-state index in [0.717, 1.165) is 18.1 Å². The Kier molecular flexibility index (Phi) is 9.84. The minimum absolute atomic E-state index is 0.0168. The number of benzene rings is 3. The molecule has 0 aliphatic carbocycles. The van der Waals surface area contributed by atoms with E-state index in [9.17, 15) is 35.8 Å². The molecule has 43 heavy (non-hydrogen) atoms. The van der Waals surface area contributed by atoms with Crippen LogP contribution in [0, 0.1) is 0 Å². The van der Waals surface area contributed by atoms with Gasteiger partial charge in [0.05, 0.1) is 10.6 Å². The SMILES string of the molecule is CC(=O)NS(=O)(=O)c1cccc(CCC(=O)N2Cc3cc(NS(=O)(=O)O)ccc3CC2C(=O)NCCc2ccccc2)c1. The molecule has 4 N–H and O–H groups in total. The van der Waals surface area contributed by atoms with Gasteiger partial charge in [-0.3, -0.25) is 23.7 Å². The average molecular weight is 629 g/mol. The minimum atomic E-state index is -4.51. The lowest BCUT2D eigenvalue weighted by molar-refractivity contribution is -0.141. The maximum Gasteiger partial charge on any atom is 0.357 e. The van der Waals surface area contributed by atoms with Gasteiger partial charge < -0.3 is 10.2 Å². The first-order valence-electron chi connectivity index (χ1n) is 13.4. The molecule has 14 heteroatoms. The smallest absolute Gasteiger partial charge is 0.354 e. The summed E-state index contributed by atoms with van der Waals surface area (Å²) in [4.78, 5) is 39.5.